The second kappa shape index (κ2) is 28.2. The van der Waals surface area contributed by atoms with Crippen molar-refractivity contribution in [3.63, 3.8) is 0 Å². The molecule has 43 heavy (non-hydrogen) atoms. The summed E-state index contributed by atoms with van der Waals surface area (Å²) in [4.78, 5) is 21.9. The van der Waals surface area contributed by atoms with Crippen LogP contribution in [0.1, 0.15) is 117 Å². The average molecular weight is 631 g/mol. The van der Waals surface area contributed by atoms with E-state index >= 15 is 0 Å². The molecule has 0 bridgehead atoms. The molecule has 0 aromatic rings. The summed E-state index contributed by atoms with van der Waals surface area (Å²) in [5.41, 5.74) is 0. The molecule has 0 spiro atoms. The third kappa shape index (κ3) is 31.9. The highest BCUT2D eigenvalue weighted by Gasteiger charge is 2.26. The summed E-state index contributed by atoms with van der Waals surface area (Å²) in [5.74, 6) is -0.373. The van der Waals surface area contributed by atoms with Crippen molar-refractivity contribution in [1.29, 1.82) is 0 Å². The molecule has 0 aromatic carbocycles. The highest BCUT2D eigenvalue weighted by atomic mass is 31.2. The number of phosphoric acid groups is 1. The van der Waals surface area contributed by atoms with Gasteiger partial charge in [-0.15, -0.1) is 0 Å². The van der Waals surface area contributed by atoms with Crippen LogP contribution in [0.2, 0.25) is 0 Å². The van der Waals surface area contributed by atoms with E-state index in [0.29, 0.717) is 24.1 Å². The normalized spacial score (nSPS) is 14.7. The Balaban J connectivity index is 3.91. The van der Waals surface area contributed by atoms with Gasteiger partial charge in [0, 0.05) is 13.0 Å². The van der Waals surface area contributed by atoms with Crippen molar-refractivity contribution in [1.82, 2.24) is 0 Å². The molecule has 0 aromatic heterocycles. The summed E-state index contributed by atoms with van der Waals surface area (Å²) < 4.78 is 34.1. The largest absolute Gasteiger partial charge is 0.472 e. The second-order valence-corrected chi connectivity index (χ2v) is 13.6. The summed E-state index contributed by atoms with van der Waals surface area (Å²) >= 11 is 0. The van der Waals surface area contributed by atoms with Crippen molar-refractivity contribution < 1.29 is 37.3 Å². The van der Waals surface area contributed by atoms with Gasteiger partial charge in [0.05, 0.1) is 34.4 Å². The van der Waals surface area contributed by atoms with Gasteiger partial charge < -0.3 is 18.9 Å². The number of carbonyl (C=O) groups is 1. The molecule has 0 rings (SSSR count). The van der Waals surface area contributed by atoms with Crippen LogP contribution in [0.15, 0.2) is 36.5 Å². The molecule has 0 aliphatic heterocycles. The number of esters is 1. The van der Waals surface area contributed by atoms with Crippen LogP contribution < -0.4 is 0 Å². The molecule has 0 radical (unpaired) electrons. The second-order valence-electron chi connectivity index (χ2n) is 12.2. The topological polar surface area (TPSA) is 91.3 Å². The minimum absolute atomic E-state index is 0.0840. The molecule has 0 amide bonds. The van der Waals surface area contributed by atoms with Crippen molar-refractivity contribution in [3.05, 3.63) is 36.5 Å². The number of carbonyl (C=O) groups excluding carboxylic acids is 1. The predicted octanol–water partition coefficient (Wildman–Crippen LogP) is 8.70. The third-order valence-corrected chi connectivity index (χ3v) is 7.66. The molecule has 9 heteroatoms. The maximum atomic E-state index is 12.2. The number of phosphoric ester groups is 1. The smallest absolute Gasteiger partial charge is 0.457 e. The quantitative estimate of drug-likeness (QED) is 0.0279. The number of nitrogens with zero attached hydrogens (tertiary/aromatic N) is 1. The lowest BCUT2D eigenvalue weighted by Crippen LogP contribution is -2.37. The van der Waals surface area contributed by atoms with Crippen LogP contribution in [0.25, 0.3) is 0 Å². The Labute approximate surface area is 264 Å². The fraction of sp³-hybridized carbons (Fsp3) is 0.794. The first-order valence-electron chi connectivity index (χ1n) is 16.7. The zero-order chi connectivity index (χ0) is 32.1. The maximum absolute atomic E-state index is 12.2. The molecular formula is C34H65NO7P+. The number of quaternary nitrogens is 1. The van der Waals surface area contributed by atoms with Crippen molar-refractivity contribution in [2.24, 2.45) is 0 Å². The molecule has 0 heterocycles. The van der Waals surface area contributed by atoms with E-state index in [1.54, 1.807) is 0 Å². The minimum atomic E-state index is -4.24. The van der Waals surface area contributed by atoms with E-state index in [2.05, 4.69) is 43.4 Å². The predicted molar refractivity (Wildman–Crippen MR) is 178 cm³/mol. The van der Waals surface area contributed by atoms with Crippen molar-refractivity contribution >= 4 is 13.8 Å². The van der Waals surface area contributed by atoms with Crippen molar-refractivity contribution in [3.8, 4) is 0 Å². The maximum Gasteiger partial charge on any atom is 0.472 e. The SMILES string of the molecule is CCCCC/C=C\C/C=C\C/C=C\CCCCCCCCCOCC(COP(=O)(O)OCC[N+](C)(C)C)OC(=O)CCC. The number of hydrogen-bond donors (Lipinski definition) is 1. The van der Waals surface area contributed by atoms with Crippen LogP contribution in [0.3, 0.4) is 0 Å². The molecule has 1 N–H and O–H groups in total. The van der Waals surface area contributed by atoms with Gasteiger partial charge in [-0.25, -0.2) is 4.57 Å². The first kappa shape index (κ1) is 41.7. The summed E-state index contributed by atoms with van der Waals surface area (Å²) in [6, 6.07) is 0. The molecular weight excluding hydrogens is 565 g/mol. The number of allylic oxidation sites excluding steroid dienone is 6. The molecule has 2 atom stereocenters. The number of unbranched alkanes of at least 4 members (excludes halogenated alkanes) is 10. The number of likely N-dealkylation sites (N-methyl/N-ethyl adjacent to an activating group) is 1. The Morgan fingerprint density at radius 1 is 0.721 bits per heavy atom. The molecule has 0 fully saturated rings. The molecule has 0 saturated carbocycles. The lowest BCUT2D eigenvalue weighted by Gasteiger charge is -2.24. The van der Waals surface area contributed by atoms with Gasteiger partial charge in [0.15, 0.2) is 0 Å². The standard InChI is InChI=1S/C34H64NO7P/c1-6-8-9-10-11-12-13-14-15-16-17-18-19-20-21-22-23-24-25-26-29-39-31-33(42-34(36)27-7-2)32-41-43(37,38)40-30-28-35(3,4)5/h11-12,14-15,17-18,33H,6-10,13,16,19-32H2,1-5H3/p+1/b12-11-,15-14-,18-17-. The van der Waals surface area contributed by atoms with E-state index in [-0.39, 0.29) is 32.2 Å². The molecule has 252 valence electrons. The zero-order valence-electron chi connectivity index (χ0n) is 28.2. The van der Waals surface area contributed by atoms with Gasteiger partial charge >= 0.3 is 13.8 Å². The molecule has 8 nitrogen and oxygen atoms in total. The summed E-state index contributed by atoms with van der Waals surface area (Å²) in [6.45, 7) is 5.18. The van der Waals surface area contributed by atoms with Crippen LogP contribution in [0.5, 0.6) is 0 Å². The summed E-state index contributed by atoms with van der Waals surface area (Å²) in [5, 5.41) is 0. The number of ether oxygens (including phenoxy) is 2. The lowest BCUT2D eigenvalue weighted by atomic mass is 10.1. The van der Waals surface area contributed by atoms with Crippen LogP contribution in [0.4, 0.5) is 0 Å². The van der Waals surface area contributed by atoms with E-state index in [1.807, 2.05) is 28.1 Å². The fourth-order valence-corrected chi connectivity index (χ4v) is 4.81. The lowest BCUT2D eigenvalue weighted by molar-refractivity contribution is -0.870. The van der Waals surface area contributed by atoms with Crippen molar-refractivity contribution in [2.45, 2.75) is 123 Å². The Kier molecular flexibility index (Phi) is 27.4. The zero-order valence-corrected chi connectivity index (χ0v) is 29.1. The molecule has 0 saturated heterocycles. The number of hydrogen-bond acceptors (Lipinski definition) is 6. The Bertz CT molecular complexity index is 792. The minimum Gasteiger partial charge on any atom is -0.457 e. The first-order chi connectivity index (χ1) is 20.6. The van der Waals surface area contributed by atoms with Crippen LogP contribution >= 0.6 is 7.82 Å². The van der Waals surface area contributed by atoms with Gasteiger partial charge in [-0.2, -0.15) is 0 Å². The molecule has 0 aliphatic rings. The summed E-state index contributed by atoms with van der Waals surface area (Å²) in [7, 11) is 1.65. The van der Waals surface area contributed by atoms with Gasteiger partial charge in [-0.1, -0.05) is 95.2 Å². The van der Waals surface area contributed by atoms with Gasteiger partial charge in [-0.05, 0) is 51.4 Å². The highest BCUT2D eigenvalue weighted by Crippen LogP contribution is 2.43. The summed E-state index contributed by atoms with van der Waals surface area (Å²) in [6.07, 6.45) is 30.3. The fourth-order valence-electron chi connectivity index (χ4n) is 4.06. The van der Waals surface area contributed by atoms with Crippen LogP contribution in [-0.2, 0) is 27.9 Å². The Hall–Kier alpha value is -1.28. The molecule has 0 aliphatic carbocycles. The van der Waals surface area contributed by atoms with Crippen LogP contribution in [-0.4, -0.2) is 75.6 Å². The average Bonchev–Trinajstić information content (AvgIpc) is 2.93. The van der Waals surface area contributed by atoms with E-state index in [1.165, 1.54) is 57.8 Å². The highest BCUT2D eigenvalue weighted by molar-refractivity contribution is 7.47. The Morgan fingerprint density at radius 2 is 1.28 bits per heavy atom. The van der Waals surface area contributed by atoms with E-state index < -0.39 is 13.9 Å². The monoisotopic (exact) mass is 630 g/mol. The molecule has 2 unspecified atom stereocenters. The van der Waals surface area contributed by atoms with E-state index in [9.17, 15) is 14.3 Å². The number of rotatable bonds is 30. The third-order valence-electron chi connectivity index (χ3n) is 6.67. The Morgan fingerprint density at radius 3 is 1.86 bits per heavy atom. The van der Waals surface area contributed by atoms with E-state index in [0.717, 1.165) is 32.1 Å². The van der Waals surface area contributed by atoms with Gasteiger partial charge in [0.25, 0.3) is 0 Å². The van der Waals surface area contributed by atoms with Gasteiger partial charge in [-0.3, -0.25) is 13.8 Å². The van der Waals surface area contributed by atoms with Gasteiger partial charge in [0.1, 0.15) is 19.3 Å². The van der Waals surface area contributed by atoms with Crippen LogP contribution in [0, 0.1) is 0 Å². The van der Waals surface area contributed by atoms with Crippen molar-refractivity contribution in [2.75, 3.05) is 54.1 Å². The van der Waals surface area contributed by atoms with Gasteiger partial charge in [0.2, 0.25) is 0 Å². The van der Waals surface area contributed by atoms with E-state index in [4.69, 9.17) is 18.5 Å². The first-order valence-corrected chi connectivity index (χ1v) is 18.2.